The Kier molecular flexibility index (Phi) is 13.1. The number of carbonyl (C=O) groups is 1. The largest absolute Gasteiger partial charge is 0.468 e. The zero-order valence-electron chi connectivity index (χ0n) is 16.6. The zero-order valence-corrected chi connectivity index (χ0v) is 16.6. The van der Waals surface area contributed by atoms with Crippen molar-refractivity contribution in [2.45, 2.75) is 109 Å². The van der Waals surface area contributed by atoms with Crippen molar-refractivity contribution in [1.82, 2.24) is 0 Å². The minimum atomic E-state index is -0.415. The zero-order chi connectivity index (χ0) is 18.3. The van der Waals surface area contributed by atoms with Gasteiger partial charge in [0.05, 0.1) is 13.2 Å². The average Bonchev–Trinajstić information content (AvgIpc) is 2.68. The van der Waals surface area contributed by atoms with E-state index >= 15 is 0 Å². The molecule has 25 heavy (non-hydrogen) atoms. The quantitative estimate of drug-likeness (QED) is 0.492. The van der Waals surface area contributed by atoms with Crippen LogP contribution in [0.2, 0.25) is 0 Å². The van der Waals surface area contributed by atoms with Gasteiger partial charge in [0.1, 0.15) is 6.04 Å². The van der Waals surface area contributed by atoms with E-state index < -0.39 is 6.04 Å². The first-order chi connectivity index (χ1) is 12.2. The van der Waals surface area contributed by atoms with Crippen LogP contribution in [-0.4, -0.2) is 31.8 Å². The van der Waals surface area contributed by atoms with E-state index in [0.717, 1.165) is 25.4 Å². The molecule has 0 aromatic carbocycles. The van der Waals surface area contributed by atoms with Gasteiger partial charge in [0.25, 0.3) is 0 Å². The summed E-state index contributed by atoms with van der Waals surface area (Å²) in [6, 6.07) is -0.415. The van der Waals surface area contributed by atoms with Gasteiger partial charge in [-0.25, -0.2) is 0 Å². The normalized spacial score (nSPS) is 20.4. The fourth-order valence-corrected chi connectivity index (χ4v) is 3.79. The molecule has 0 aromatic rings. The summed E-state index contributed by atoms with van der Waals surface area (Å²) in [6.07, 6.45) is 18.5. The molecule has 0 saturated heterocycles. The molecule has 2 fully saturated rings. The maximum atomic E-state index is 11.0. The second-order valence-electron chi connectivity index (χ2n) is 7.70. The molecule has 0 radical (unpaired) electrons. The number of methoxy groups -OCH3 is 1. The second kappa shape index (κ2) is 14.5. The first-order valence-corrected chi connectivity index (χ1v) is 10.6. The first kappa shape index (κ1) is 22.4. The van der Waals surface area contributed by atoms with Crippen LogP contribution in [0.4, 0.5) is 0 Å². The van der Waals surface area contributed by atoms with Crippen LogP contribution in [0.3, 0.4) is 0 Å². The van der Waals surface area contributed by atoms with Gasteiger partial charge in [-0.2, -0.15) is 0 Å². The number of hydrogen-bond acceptors (Lipinski definition) is 4. The predicted octanol–water partition coefficient (Wildman–Crippen LogP) is 4.98. The van der Waals surface area contributed by atoms with Crippen LogP contribution in [0.15, 0.2) is 0 Å². The molecule has 2 saturated carbocycles. The number of esters is 1. The SMILES string of the molecule is CCCCOC1CCCCC1.COC(=O)C(N)CCC1CCCCC1. The molecule has 4 nitrogen and oxygen atoms in total. The number of rotatable bonds is 8. The fraction of sp³-hybridized carbons (Fsp3) is 0.952. The Morgan fingerprint density at radius 2 is 1.64 bits per heavy atom. The lowest BCUT2D eigenvalue weighted by Gasteiger charge is -2.22. The monoisotopic (exact) mass is 355 g/mol. The molecule has 0 bridgehead atoms. The summed E-state index contributed by atoms with van der Waals surface area (Å²) in [5.41, 5.74) is 5.67. The van der Waals surface area contributed by atoms with Crippen LogP contribution in [0.25, 0.3) is 0 Å². The Labute approximate surface area is 155 Å². The third-order valence-corrected chi connectivity index (χ3v) is 5.52. The van der Waals surface area contributed by atoms with Gasteiger partial charge < -0.3 is 15.2 Å². The van der Waals surface area contributed by atoms with Crippen molar-refractivity contribution in [2.24, 2.45) is 11.7 Å². The standard InChI is InChI=1S/C11H21NO2.C10H20O/c1-14-11(13)10(12)8-7-9-5-3-2-4-6-9;1-2-3-9-11-10-7-5-4-6-8-10/h9-10H,2-8,12H2,1H3;10H,2-9H2,1H3. The highest BCUT2D eigenvalue weighted by Crippen LogP contribution is 2.27. The van der Waals surface area contributed by atoms with E-state index in [2.05, 4.69) is 11.7 Å². The Morgan fingerprint density at radius 3 is 2.20 bits per heavy atom. The molecule has 2 aliphatic carbocycles. The molecule has 0 heterocycles. The molecule has 2 N–H and O–H groups in total. The third-order valence-electron chi connectivity index (χ3n) is 5.52. The van der Waals surface area contributed by atoms with Crippen molar-refractivity contribution in [2.75, 3.05) is 13.7 Å². The molecule has 4 heteroatoms. The van der Waals surface area contributed by atoms with Crippen molar-refractivity contribution in [1.29, 1.82) is 0 Å². The van der Waals surface area contributed by atoms with Gasteiger partial charge in [-0.05, 0) is 38.0 Å². The number of carbonyl (C=O) groups excluding carboxylic acids is 1. The van der Waals surface area contributed by atoms with Gasteiger partial charge in [-0.3, -0.25) is 4.79 Å². The molecular weight excluding hydrogens is 314 g/mol. The van der Waals surface area contributed by atoms with Crippen LogP contribution in [-0.2, 0) is 14.3 Å². The van der Waals surface area contributed by atoms with Crippen LogP contribution >= 0.6 is 0 Å². The lowest BCUT2D eigenvalue weighted by molar-refractivity contribution is -0.142. The van der Waals surface area contributed by atoms with Crippen LogP contribution in [0, 0.1) is 5.92 Å². The number of hydrogen-bond donors (Lipinski definition) is 1. The van der Waals surface area contributed by atoms with Crippen molar-refractivity contribution in [3.05, 3.63) is 0 Å². The molecule has 2 rings (SSSR count). The average molecular weight is 356 g/mol. The summed E-state index contributed by atoms with van der Waals surface area (Å²) in [4.78, 5) is 11.0. The summed E-state index contributed by atoms with van der Waals surface area (Å²) in [6.45, 7) is 3.20. The van der Waals surface area contributed by atoms with Gasteiger partial charge in [0.2, 0.25) is 0 Å². The lowest BCUT2D eigenvalue weighted by atomic mass is 9.85. The first-order valence-electron chi connectivity index (χ1n) is 10.6. The van der Waals surface area contributed by atoms with Crippen LogP contribution < -0.4 is 5.73 Å². The van der Waals surface area contributed by atoms with Gasteiger partial charge in [-0.1, -0.05) is 64.7 Å². The third kappa shape index (κ3) is 10.9. The number of unbranched alkanes of at least 4 members (excludes halogenated alkanes) is 1. The van der Waals surface area contributed by atoms with E-state index in [9.17, 15) is 4.79 Å². The molecule has 0 spiro atoms. The Balaban J connectivity index is 0.000000257. The van der Waals surface area contributed by atoms with E-state index in [4.69, 9.17) is 10.5 Å². The summed E-state index contributed by atoms with van der Waals surface area (Å²) >= 11 is 0. The second-order valence-corrected chi connectivity index (χ2v) is 7.70. The molecule has 2 aliphatic rings. The highest BCUT2D eigenvalue weighted by Gasteiger charge is 2.18. The number of ether oxygens (including phenoxy) is 2. The highest BCUT2D eigenvalue weighted by atomic mass is 16.5. The van der Waals surface area contributed by atoms with E-state index in [1.54, 1.807) is 0 Å². The molecule has 1 atom stereocenters. The van der Waals surface area contributed by atoms with E-state index in [0.29, 0.717) is 6.10 Å². The number of nitrogens with two attached hydrogens (primary N) is 1. The smallest absolute Gasteiger partial charge is 0.322 e. The van der Waals surface area contributed by atoms with Crippen molar-refractivity contribution < 1.29 is 14.3 Å². The van der Waals surface area contributed by atoms with Gasteiger partial charge >= 0.3 is 5.97 Å². The minimum absolute atomic E-state index is 0.277. The minimum Gasteiger partial charge on any atom is -0.468 e. The molecule has 0 amide bonds. The fourth-order valence-electron chi connectivity index (χ4n) is 3.79. The summed E-state index contributed by atoms with van der Waals surface area (Å²) in [5, 5.41) is 0. The molecule has 148 valence electrons. The van der Waals surface area contributed by atoms with Gasteiger partial charge in [-0.15, -0.1) is 0 Å². The maximum Gasteiger partial charge on any atom is 0.322 e. The lowest BCUT2D eigenvalue weighted by Crippen LogP contribution is -2.32. The van der Waals surface area contributed by atoms with Gasteiger partial charge in [0.15, 0.2) is 0 Å². The van der Waals surface area contributed by atoms with Crippen molar-refractivity contribution in [3.63, 3.8) is 0 Å². The topological polar surface area (TPSA) is 61.5 Å². The summed E-state index contributed by atoms with van der Waals surface area (Å²) in [5.74, 6) is 0.514. The van der Waals surface area contributed by atoms with E-state index in [-0.39, 0.29) is 5.97 Å². The van der Waals surface area contributed by atoms with E-state index in [1.165, 1.54) is 84.2 Å². The molecule has 1 unspecified atom stereocenters. The van der Waals surface area contributed by atoms with Crippen LogP contribution in [0.1, 0.15) is 96.8 Å². The Bertz CT molecular complexity index is 323. The van der Waals surface area contributed by atoms with Crippen molar-refractivity contribution >= 4 is 5.97 Å². The summed E-state index contributed by atoms with van der Waals surface area (Å²) < 4.78 is 10.3. The Morgan fingerprint density at radius 1 is 1.04 bits per heavy atom. The van der Waals surface area contributed by atoms with Gasteiger partial charge in [0, 0.05) is 6.61 Å². The van der Waals surface area contributed by atoms with E-state index in [1.807, 2.05) is 0 Å². The van der Waals surface area contributed by atoms with Crippen LogP contribution in [0.5, 0.6) is 0 Å². The summed E-state index contributed by atoms with van der Waals surface area (Å²) in [7, 11) is 1.39. The predicted molar refractivity (Wildman–Crippen MR) is 104 cm³/mol. The maximum absolute atomic E-state index is 11.0. The van der Waals surface area contributed by atoms with Crippen molar-refractivity contribution in [3.8, 4) is 0 Å². The molecule has 0 aliphatic heterocycles. The highest BCUT2D eigenvalue weighted by molar-refractivity contribution is 5.75. The Hall–Kier alpha value is -0.610. The molecular formula is C21H41NO3. The molecule has 0 aromatic heterocycles.